The predicted octanol–water partition coefficient (Wildman–Crippen LogP) is 4.24. The van der Waals surface area contributed by atoms with Crippen LogP contribution in [0.15, 0.2) is 23.8 Å². The highest BCUT2D eigenvalue weighted by Crippen LogP contribution is 2.23. The minimum absolute atomic E-state index is 0.0607. The lowest BCUT2D eigenvalue weighted by Crippen LogP contribution is -2.07. The zero-order chi connectivity index (χ0) is 14.3. The molecule has 0 bridgehead atoms. The molecule has 0 amide bonds. The van der Waals surface area contributed by atoms with Gasteiger partial charge in [0.15, 0.2) is 0 Å². The van der Waals surface area contributed by atoms with Gasteiger partial charge in [0.1, 0.15) is 11.6 Å². The van der Waals surface area contributed by atoms with Crippen LogP contribution in [0.25, 0.3) is 6.08 Å². The second kappa shape index (κ2) is 7.83. The Morgan fingerprint density at radius 3 is 2.74 bits per heavy atom. The van der Waals surface area contributed by atoms with Gasteiger partial charge in [-0.25, -0.2) is 4.79 Å². The van der Waals surface area contributed by atoms with Gasteiger partial charge in [0.25, 0.3) is 0 Å². The van der Waals surface area contributed by atoms with Crippen LogP contribution in [0.5, 0.6) is 0 Å². The zero-order valence-electron chi connectivity index (χ0n) is 10.5. The third-order valence-corrected chi connectivity index (χ3v) is 3.07. The summed E-state index contributed by atoms with van der Waals surface area (Å²) < 4.78 is 4.97. The second-order valence-electron chi connectivity index (χ2n) is 3.83. The zero-order valence-corrected chi connectivity index (χ0v) is 12.0. The first-order chi connectivity index (χ1) is 9.08. The number of benzene rings is 1. The standard InChI is InChI=1S/C14H13Cl2NO2/c1-2-3-6-19-14(18)11(9-17)7-10-4-5-12(15)13(16)8-10/h4-5,7-8H,2-3,6H2,1H3. The number of hydrogen-bond acceptors (Lipinski definition) is 3. The van der Waals surface area contributed by atoms with Crippen molar-refractivity contribution in [1.29, 1.82) is 5.26 Å². The van der Waals surface area contributed by atoms with Gasteiger partial charge in [-0.3, -0.25) is 0 Å². The lowest BCUT2D eigenvalue weighted by atomic mass is 10.1. The predicted molar refractivity (Wildman–Crippen MR) is 75.9 cm³/mol. The van der Waals surface area contributed by atoms with Crippen molar-refractivity contribution in [3.8, 4) is 6.07 Å². The first kappa shape index (κ1) is 15.6. The van der Waals surface area contributed by atoms with Crippen LogP contribution in [0.2, 0.25) is 10.0 Å². The lowest BCUT2D eigenvalue weighted by molar-refractivity contribution is -0.138. The average molecular weight is 298 g/mol. The van der Waals surface area contributed by atoms with Crippen molar-refractivity contribution in [2.24, 2.45) is 0 Å². The molecule has 1 rings (SSSR count). The van der Waals surface area contributed by atoms with Crippen molar-refractivity contribution in [3.05, 3.63) is 39.4 Å². The van der Waals surface area contributed by atoms with Gasteiger partial charge in [-0.05, 0) is 30.2 Å². The molecule has 0 fully saturated rings. The quantitative estimate of drug-likeness (QED) is 0.353. The summed E-state index contributed by atoms with van der Waals surface area (Å²) in [5.41, 5.74) is 0.563. The van der Waals surface area contributed by atoms with Crippen LogP contribution < -0.4 is 0 Å². The SMILES string of the molecule is CCCCOC(=O)C(C#N)=Cc1ccc(Cl)c(Cl)c1. The highest BCUT2D eigenvalue weighted by Gasteiger charge is 2.10. The molecule has 100 valence electrons. The molecule has 1 aromatic rings. The molecule has 0 unspecified atom stereocenters. The van der Waals surface area contributed by atoms with E-state index in [-0.39, 0.29) is 5.57 Å². The molecule has 0 aliphatic heterocycles. The average Bonchev–Trinajstić information content (AvgIpc) is 2.40. The number of nitriles is 1. The molecule has 0 N–H and O–H groups in total. The minimum Gasteiger partial charge on any atom is -0.462 e. The van der Waals surface area contributed by atoms with E-state index in [1.165, 1.54) is 6.08 Å². The fraction of sp³-hybridized carbons (Fsp3) is 0.286. The topological polar surface area (TPSA) is 50.1 Å². The molecular weight excluding hydrogens is 285 g/mol. The van der Waals surface area contributed by atoms with E-state index < -0.39 is 5.97 Å². The number of carbonyl (C=O) groups excluding carboxylic acids is 1. The molecule has 0 saturated heterocycles. The van der Waals surface area contributed by atoms with Crippen molar-refractivity contribution in [1.82, 2.24) is 0 Å². The Labute approximate surface area is 122 Å². The molecule has 3 nitrogen and oxygen atoms in total. The maximum Gasteiger partial charge on any atom is 0.348 e. The van der Waals surface area contributed by atoms with Crippen molar-refractivity contribution >= 4 is 35.2 Å². The second-order valence-corrected chi connectivity index (χ2v) is 4.65. The molecule has 0 heterocycles. The van der Waals surface area contributed by atoms with Crippen LogP contribution in [0, 0.1) is 11.3 Å². The number of carbonyl (C=O) groups is 1. The molecule has 0 atom stereocenters. The van der Waals surface area contributed by atoms with Gasteiger partial charge in [0.2, 0.25) is 0 Å². The summed E-state index contributed by atoms with van der Waals surface area (Å²) in [6.07, 6.45) is 3.12. The van der Waals surface area contributed by atoms with E-state index in [2.05, 4.69) is 0 Å². The molecule has 0 radical (unpaired) electrons. The largest absolute Gasteiger partial charge is 0.462 e. The summed E-state index contributed by atoms with van der Waals surface area (Å²) in [5.74, 6) is -0.623. The van der Waals surface area contributed by atoms with E-state index in [9.17, 15) is 4.79 Å². The molecule has 0 aromatic heterocycles. The number of esters is 1. The fourth-order valence-corrected chi connectivity index (χ4v) is 1.60. The maximum absolute atomic E-state index is 11.6. The van der Waals surface area contributed by atoms with Gasteiger partial charge in [0, 0.05) is 0 Å². The van der Waals surface area contributed by atoms with E-state index in [4.69, 9.17) is 33.2 Å². The number of nitrogens with zero attached hydrogens (tertiary/aromatic N) is 1. The van der Waals surface area contributed by atoms with Crippen molar-refractivity contribution in [2.75, 3.05) is 6.61 Å². The van der Waals surface area contributed by atoms with Crippen LogP contribution in [0.1, 0.15) is 25.3 Å². The number of hydrogen-bond donors (Lipinski definition) is 0. The number of unbranched alkanes of at least 4 members (excludes halogenated alkanes) is 1. The van der Waals surface area contributed by atoms with Gasteiger partial charge >= 0.3 is 5.97 Å². The Morgan fingerprint density at radius 2 is 2.16 bits per heavy atom. The summed E-state index contributed by atoms with van der Waals surface area (Å²) in [5, 5.41) is 9.75. The van der Waals surface area contributed by atoms with Crippen LogP contribution in [-0.4, -0.2) is 12.6 Å². The molecular formula is C14H13Cl2NO2. The van der Waals surface area contributed by atoms with E-state index in [0.29, 0.717) is 22.2 Å². The normalized spacial score (nSPS) is 10.9. The van der Waals surface area contributed by atoms with Crippen molar-refractivity contribution < 1.29 is 9.53 Å². The maximum atomic E-state index is 11.6. The molecule has 0 saturated carbocycles. The lowest BCUT2D eigenvalue weighted by Gasteiger charge is -2.03. The summed E-state index contributed by atoms with van der Waals surface area (Å²) in [6, 6.07) is 6.68. The van der Waals surface area contributed by atoms with E-state index in [0.717, 1.165) is 12.8 Å². The third kappa shape index (κ3) is 4.94. The van der Waals surface area contributed by atoms with Gasteiger partial charge in [-0.15, -0.1) is 0 Å². The highest BCUT2D eigenvalue weighted by molar-refractivity contribution is 6.42. The summed E-state index contributed by atoms with van der Waals surface area (Å²) in [7, 11) is 0. The summed E-state index contributed by atoms with van der Waals surface area (Å²) >= 11 is 11.7. The van der Waals surface area contributed by atoms with Crippen molar-refractivity contribution in [2.45, 2.75) is 19.8 Å². The van der Waals surface area contributed by atoms with Crippen LogP contribution in [-0.2, 0) is 9.53 Å². The Hall–Kier alpha value is -1.50. The number of halogens is 2. The first-order valence-electron chi connectivity index (χ1n) is 5.82. The third-order valence-electron chi connectivity index (χ3n) is 2.33. The fourth-order valence-electron chi connectivity index (χ4n) is 1.29. The molecule has 5 heteroatoms. The van der Waals surface area contributed by atoms with Crippen LogP contribution >= 0.6 is 23.2 Å². The van der Waals surface area contributed by atoms with Crippen molar-refractivity contribution in [3.63, 3.8) is 0 Å². The van der Waals surface area contributed by atoms with E-state index in [1.807, 2.05) is 13.0 Å². The summed E-state index contributed by atoms with van der Waals surface area (Å²) in [4.78, 5) is 11.6. The summed E-state index contributed by atoms with van der Waals surface area (Å²) in [6.45, 7) is 2.31. The first-order valence-corrected chi connectivity index (χ1v) is 6.58. The van der Waals surface area contributed by atoms with Gasteiger partial charge < -0.3 is 4.74 Å². The van der Waals surface area contributed by atoms with Gasteiger partial charge in [-0.1, -0.05) is 42.6 Å². The Bertz CT molecular complexity index is 533. The molecule has 1 aromatic carbocycles. The molecule has 0 aliphatic rings. The van der Waals surface area contributed by atoms with E-state index >= 15 is 0 Å². The van der Waals surface area contributed by atoms with Crippen LogP contribution in [0.3, 0.4) is 0 Å². The van der Waals surface area contributed by atoms with Gasteiger partial charge in [-0.2, -0.15) is 5.26 Å². The smallest absolute Gasteiger partial charge is 0.348 e. The van der Waals surface area contributed by atoms with E-state index in [1.54, 1.807) is 18.2 Å². The van der Waals surface area contributed by atoms with Crippen LogP contribution in [0.4, 0.5) is 0 Å². The Balaban J connectivity index is 2.84. The number of ether oxygens (including phenoxy) is 1. The highest BCUT2D eigenvalue weighted by atomic mass is 35.5. The molecule has 19 heavy (non-hydrogen) atoms. The molecule has 0 aliphatic carbocycles. The minimum atomic E-state index is -0.623. The van der Waals surface area contributed by atoms with Gasteiger partial charge in [0.05, 0.1) is 16.7 Å². The Kier molecular flexibility index (Phi) is 6.41. The number of rotatable bonds is 5. The molecule has 0 spiro atoms. The monoisotopic (exact) mass is 297 g/mol. The Morgan fingerprint density at radius 1 is 1.42 bits per heavy atom.